The number of carbonyl (C=O) groups excluding carboxylic acids is 1. The van der Waals surface area contributed by atoms with Gasteiger partial charge in [-0.1, -0.05) is 6.92 Å². The molecule has 1 saturated carbocycles. The fraction of sp³-hybridized carbons (Fsp3) is 0.667. The van der Waals surface area contributed by atoms with Crippen molar-refractivity contribution in [1.82, 2.24) is 15.5 Å². The predicted octanol–water partition coefficient (Wildman–Crippen LogP) is 2.61. The number of rotatable bonds is 8. The lowest BCUT2D eigenvalue weighted by atomic mass is 9.99. The van der Waals surface area contributed by atoms with Crippen molar-refractivity contribution in [2.24, 2.45) is 10.9 Å². The summed E-state index contributed by atoms with van der Waals surface area (Å²) in [5.74, 6) is 2.92. The van der Waals surface area contributed by atoms with Gasteiger partial charge < -0.3 is 30.3 Å². The van der Waals surface area contributed by atoms with Crippen LogP contribution in [0.3, 0.4) is 0 Å². The summed E-state index contributed by atoms with van der Waals surface area (Å²) in [5.41, 5.74) is 0.855. The number of guanidine groups is 1. The molecule has 0 atom stereocenters. The van der Waals surface area contributed by atoms with Crippen molar-refractivity contribution < 1.29 is 14.3 Å². The van der Waals surface area contributed by atoms with E-state index in [1.165, 1.54) is 25.9 Å². The zero-order chi connectivity index (χ0) is 22.2. The molecule has 32 heavy (non-hydrogen) atoms. The average molecular weight is 444 g/mol. The van der Waals surface area contributed by atoms with Gasteiger partial charge in [-0.25, -0.2) is 4.99 Å². The minimum absolute atomic E-state index is 0.0327. The first-order chi connectivity index (χ1) is 15.7. The van der Waals surface area contributed by atoms with Crippen LogP contribution in [0.25, 0.3) is 0 Å². The zero-order valence-electron chi connectivity index (χ0n) is 19.2. The van der Waals surface area contributed by atoms with Crippen molar-refractivity contribution in [3.8, 4) is 11.5 Å². The Morgan fingerprint density at radius 3 is 2.69 bits per heavy atom. The molecule has 0 spiro atoms. The number of amides is 1. The number of aliphatic imine (C=N–C) groups is 1. The Labute approximate surface area is 191 Å². The molecule has 3 N–H and O–H groups in total. The highest BCUT2D eigenvalue weighted by Gasteiger charge is 2.23. The van der Waals surface area contributed by atoms with E-state index in [-0.39, 0.29) is 12.5 Å². The molecule has 176 valence electrons. The maximum absolute atomic E-state index is 12.1. The second kappa shape index (κ2) is 11.4. The molecule has 1 aromatic rings. The fourth-order valence-electron chi connectivity index (χ4n) is 3.96. The molecular formula is C24H37N5O3. The molecule has 0 unspecified atom stereocenters. The molecule has 1 aliphatic carbocycles. The highest BCUT2D eigenvalue weighted by atomic mass is 16.5. The number of benzene rings is 1. The molecule has 3 aliphatic rings. The van der Waals surface area contributed by atoms with Gasteiger partial charge in [0.05, 0.1) is 13.2 Å². The maximum atomic E-state index is 12.1. The SMILES string of the molecule is CC1CCN(CCCNC(=NCC(=O)NC2CC2)Nc2ccc3c(c2)OCCCO3)CC1. The zero-order valence-corrected chi connectivity index (χ0v) is 19.2. The topological polar surface area (TPSA) is 87.2 Å². The van der Waals surface area contributed by atoms with Gasteiger partial charge in [-0.15, -0.1) is 0 Å². The summed E-state index contributed by atoms with van der Waals surface area (Å²) in [5, 5.41) is 9.71. The summed E-state index contributed by atoms with van der Waals surface area (Å²) in [4.78, 5) is 19.2. The van der Waals surface area contributed by atoms with Crippen LogP contribution in [0, 0.1) is 5.92 Å². The highest BCUT2D eigenvalue weighted by Crippen LogP contribution is 2.32. The quantitative estimate of drug-likeness (QED) is 0.325. The molecule has 1 aromatic carbocycles. The van der Waals surface area contributed by atoms with Gasteiger partial charge in [0.2, 0.25) is 5.91 Å². The Bertz CT molecular complexity index is 788. The van der Waals surface area contributed by atoms with Crippen LogP contribution in [0.1, 0.15) is 45.4 Å². The van der Waals surface area contributed by atoms with E-state index in [0.29, 0.717) is 25.2 Å². The van der Waals surface area contributed by atoms with Gasteiger partial charge >= 0.3 is 0 Å². The van der Waals surface area contributed by atoms with E-state index >= 15 is 0 Å². The van der Waals surface area contributed by atoms with Gasteiger partial charge in [0.15, 0.2) is 17.5 Å². The standard InChI is InChI=1S/C24H37N5O3/c1-18-8-12-29(13-9-18)11-2-10-25-24(26-17-23(30)27-19-4-5-19)28-20-6-7-21-22(16-20)32-15-3-14-31-21/h6-7,16,18-19H,2-5,8-15,17H2,1H3,(H,27,30)(H2,25,26,28). The number of hydrogen-bond acceptors (Lipinski definition) is 5. The van der Waals surface area contributed by atoms with Gasteiger partial charge in [0, 0.05) is 30.8 Å². The monoisotopic (exact) mass is 443 g/mol. The van der Waals surface area contributed by atoms with Crippen LogP contribution in [-0.4, -0.2) is 68.7 Å². The van der Waals surface area contributed by atoms with E-state index in [9.17, 15) is 4.79 Å². The molecule has 0 radical (unpaired) electrons. The van der Waals surface area contributed by atoms with E-state index in [4.69, 9.17) is 9.47 Å². The van der Waals surface area contributed by atoms with Gasteiger partial charge in [0.25, 0.3) is 0 Å². The van der Waals surface area contributed by atoms with Crippen molar-refractivity contribution in [3.63, 3.8) is 0 Å². The lowest BCUT2D eigenvalue weighted by molar-refractivity contribution is -0.119. The molecule has 0 aromatic heterocycles. The van der Waals surface area contributed by atoms with Crippen LogP contribution in [-0.2, 0) is 4.79 Å². The van der Waals surface area contributed by atoms with E-state index < -0.39 is 0 Å². The van der Waals surface area contributed by atoms with Crippen LogP contribution < -0.4 is 25.4 Å². The Balaban J connectivity index is 1.31. The summed E-state index contributed by atoms with van der Waals surface area (Å²) in [6.45, 7) is 8.03. The molecule has 2 heterocycles. The molecular weight excluding hydrogens is 406 g/mol. The van der Waals surface area contributed by atoms with Crippen molar-refractivity contribution in [2.45, 2.75) is 51.5 Å². The van der Waals surface area contributed by atoms with Crippen LogP contribution in [0.15, 0.2) is 23.2 Å². The Morgan fingerprint density at radius 2 is 1.91 bits per heavy atom. The number of nitrogens with zero attached hydrogens (tertiary/aromatic N) is 2. The smallest absolute Gasteiger partial charge is 0.242 e. The first-order valence-corrected chi connectivity index (χ1v) is 12.1. The predicted molar refractivity (Wildman–Crippen MR) is 127 cm³/mol. The lowest BCUT2D eigenvalue weighted by Crippen LogP contribution is -2.37. The maximum Gasteiger partial charge on any atom is 0.242 e. The number of nitrogens with one attached hydrogen (secondary N) is 3. The molecule has 1 amide bonds. The highest BCUT2D eigenvalue weighted by molar-refractivity contribution is 5.95. The summed E-state index contributed by atoms with van der Waals surface area (Å²) in [6.07, 6.45) is 6.64. The number of hydrogen-bond donors (Lipinski definition) is 3. The number of carbonyl (C=O) groups is 1. The number of piperidine rings is 1. The average Bonchev–Trinajstić information content (AvgIpc) is 3.63. The van der Waals surface area contributed by atoms with Crippen molar-refractivity contribution in [2.75, 3.05) is 51.3 Å². The van der Waals surface area contributed by atoms with Crippen molar-refractivity contribution >= 4 is 17.6 Å². The van der Waals surface area contributed by atoms with Gasteiger partial charge in [0.1, 0.15) is 6.54 Å². The third-order valence-corrected chi connectivity index (χ3v) is 6.15. The van der Waals surface area contributed by atoms with Crippen molar-refractivity contribution in [3.05, 3.63) is 18.2 Å². The number of ether oxygens (including phenoxy) is 2. The Kier molecular flexibility index (Phi) is 8.09. The minimum Gasteiger partial charge on any atom is -0.490 e. The third kappa shape index (κ3) is 7.29. The van der Waals surface area contributed by atoms with Gasteiger partial charge in [-0.3, -0.25) is 4.79 Å². The van der Waals surface area contributed by atoms with Gasteiger partial charge in [-0.2, -0.15) is 0 Å². The molecule has 2 fully saturated rings. The van der Waals surface area contributed by atoms with Crippen LogP contribution >= 0.6 is 0 Å². The molecule has 4 rings (SSSR count). The normalized spacial score (nSPS) is 19.8. The van der Waals surface area contributed by atoms with Gasteiger partial charge in [-0.05, 0) is 69.8 Å². The molecule has 1 saturated heterocycles. The lowest BCUT2D eigenvalue weighted by Gasteiger charge is -2.30. The summed E-state index contributed by atoms with van der Waals surface area (Å²) < 4.78 is 11.5. The summed E-state index contributed by atoms with van der Waals surface area (Å²) in [7, 11) is 0. The number of fused-ring (bicyclic) bond motifs is 1. The molecule has 0 bridgehead atoms. The van der Waals surface area contributed by atoms with Crippen LogP contribution in [0.4, 0.5) is 5.69 Å². The van der Waals surface area contributed by atoms with E-state index in [2.05, 4.69) is 32.8 Å². The third-order valence-electron chi connectivity index (χ3n) is 6.15. The number of anilines is 1. The van der Waals surface area contributed by atoms with Crippen LogP contribution in [0.2, 0.25) is 0 Å². The molecule has 8 heteroatoms. The largest absolute Gasteiger partial charge is 0.490 e. The first-order valence-electron chi connectivity index (χ1n) is 12.1. The first kappa shape index (κ1) is 22.7. The Morgan fingerprint density at radius 1 is 1.12 bits per heavy atom. The Hall–Kier alpha value is -2.48. The molecule has 8 nitrogen and oxygen atoms in total. The van der Waals surface area contributed by atoms with E-state index in [1.54, 1.807) is 0 Å². The summed E-state index contributed by atoms with van der Waals surface area (Å²) in [6, 6.07) is 6.13. The second-order valence-electron chi connectivity index (χ2n) is 9.15. The van der Waals surface area contributed by atoms with Crippen molar-refractivity contribution in [1.29, 1.82) is 0 Å². The fourth-order valence-corrected chi connectivity index (χ4v) is 3.96. The van der Waals surface area contributed by atoms with Crippen LogP contribution in [0.5, 0.6) is 11.5 Å². The number of likely N-dealkylation sites (tertiary alicyclic amines) is 1. The summed E-state index contributed by atoms with van der Waals surface area (Å²) >= 11 is 0. The van der Waals surface area contributed by atoms with E-state index in [0.717, 1.165) is 61.9 Å². The molecule has 2 aliphatic heterocycles. The second-order valence-corrected chi connectivity index (χ2v) is 9.15. The minimum atomic E-state index is -0.0327. The van der Waals surface area contributed by atoms with E-state index in [1.807, 2.05) is 18.2 Å².